The molecule has 0 spiro atoms. The van der Waals surface area contributed by atoms with E-state index in [4.69, 9.17) is 21.4 Å². The highest BCUT2D eigenvalue weighted by molar-refractivity contribution is 6.34. The van der Waals surface area contributed by atoms with Crippen LogP contribution >= 0.6 is 11.6 Å². The molecule has 1 aromatic carbocycles. The Kier molecular flexibility index (Phi) is 5.07. The molecule has 1 aliphatic rings. The van der Waals surface area contributed by atoms with Gasteiger partial charge in [-0.25, -0.2) is 4.79 Å². The summed E-state index contributed by atoms with van der Waals surface area (Å²) in [5.74, 6) is -1.02. The molecule has 0 heterocycles. The van der Waals surface area contributed by atoms with Gasteiger partial charge in [-0.05, 0) is 18.9 Å². The number of rotatable bonds is 4. The van der Waals surface area contributed by atoms with Crippen molar-refractivity contribution in [3.8, 4) is 5.75 Å². The van der Waals surface area contributed by atoms with Crippen LogP contribution in [0.1, 0.15) is 42.5 Å². The van der Waals surface area contributed by atoms with Crippen LogP contribution in [0.25, 0.3) is 0 Å². The molecule has 1 amide bonds. The summed E-state index contributed by atoms with van der Waals surface area (Å²) >= 11 is 6.05. The van der Waals surface area contributed by atoms with Crippen LogP contribution in [0.3, 0.4) is 0 Å². The van der Waals surface area contributed by atoms with Crippen molar-refractivity contribution >= 4 is 29.2 Å². The van der Waals surface area contributed by atoms with Gasteiger partial charge in [0.25, 0.3) is 0 Å². The number of carbonyl (C=O) groups excluding carboxylic acids is 1. The molecule has 0 radical (unpaired) electrons. The number of hydrogen-bond donors (Lipinski definition) is 2. The summed E-state index contributed by atoms with van der Waals surface area (Å²) in [7, 11) is 1.38. The van der Waals surface area contributed by atoms with E-state index in [0.29, 0.717) is 5.69 Å². The Hall–Kier alpha value is -1.75. The second-order valence-corrected chi connectivity index (χ2v) is 5.57. The smallest absolute Gasteiger partial charge is 0.339 e. The number of benzene rings is 1. The molecule has 0 saturated heterocycles. The summed E-state index contributed by atoms with van der Waals surface area (Å²) < 4.78 is 5.04. The van der Waals surface area contributed by atoms with E-state index in [2.05, 4.69) is 5.32 Å². The van der Waals surface area contributed by atoms with E-state index < -0.39 is 5.97 Å². The minimum absolute atomic E-state index is 0.0000353. The van der Waals surface area contributed by atoms with Crippen LogP contribution in [0.5, 0.6) is 5.75 Å². The van der Waals surface area contributed by atoms with Gasteiger partial charge in [-0.15, -0.1) is 0 Å². The standard InChI is InChI=1S/C15H18ClNO4/c1-21-13-8-12(11(16)7-10(13)15(19)20)17-14(18)9-5-3-2-4-6-9/h7-9H,2-6H2,1H3,(H,17,18)(H,19,20). The third-order valence-electron chi connectivity index (χ3n) is 3.75. The van der Waals surface area contributed by atoms with Crippen molar-refractivity contribution in [1.82, 2.24) is 0 Å². The predicted molar refractivity (Wildman–Crippen MR) is 80.2 cm³/mol. The normalized spacial score (nSPS) is 15.5. The predicted octanol–water partition coefficient (Wildman–Crippen LogP) is 3.57. The molecule has 0 aliphatic heterocycles. The molecule has 0 unspecified atom stereocenters. The van der Waals surface area contributed by atoms with Gasteiger partial charge in [0.05, 0.1) is 17.8 Å². The number of ether oxygens (including phenoxy) is 1. The Morgan fingerprint density at radius 1 is 1.29 bits per heavy atom. The van der Waals surface area contributed by atoms with Gasteiger partial charge >= 0.3 is 5.97 Å². The molecule has 0 aromatic heterocycles. The van der Waals surface area contributed by atoms with Crippen molar-refractivity contribution in [1.29, 1.82) is 0 Å². The molecule has 6 heteroatoms. The van der Waals surface area contributed by atoms with Gasteiger partial charge in [0.1, 0.15) is 11.3 Å². The van der Waals surface area contributed by atoms with Gasteiger partial charge < -0.3 is 15.2 Å². The Balaban J connectivity index is 2.19. The number of carbonyl (C=O) groups is 2. The first-order valence-corrected chi connectivity index (χ1v) is 7.32. The molecule has 5 nitrogen and oxygen atoms in total. The highest BCUT2D eigenvalue weighted by Gasteiger charge is 2.23. The number of amides is 1. The van der Waals surface area contributed by atoms with Crippen molar-refractivity contribution in [2.75, 3.05) is 12.4 Å². The quantitative estimate of drug-likeness (QED) is 0.891. The van der Waals surface area contributed by atoms with Gasteiger partial charge in [0.15, 0.2) is 0 Å². The minimum Gasteiger partial charge on any atom is -0.496 e. The molecule has 114 valence electrons. The summed E-state index contributed by atoms with van der Waals surface area (Å²) in [5.41, 5.74) is 0.354. The number of halogens is 1. The Morgan fingerprint density at radius 3 is 2.52 bits per heavy atom. The van der Waals surface area contributed by atoms with Crippen LogP contribution in [0.2, 0.25) is 5.02 Å². The lowest BCUT2D eigenvalue weighted by atomic mass is 9.88. The van der Waals surface area contributed by atoms with Crippen molar-refractivity contribution in [3.63, 3.8) is 0 Å². The highest BCUT2D eigenvalue weighted by Crippen LogP contribution is 2.32. The Labute approximate surface area is 128 Å². The Bertz CT molecular complexity index is 553. The number of carboxylic acid groups (broad SMARTS) is 1. The lowest BCUT2D eigenvalue weighted by Gasteiger charge is -2.21. The van der Waals surface area contributed by atoms with Crippen LogP contribution < -0.4 is 10.1 Å². The zero-order valence-corrected chi connectivity index (χ0v) is 12.6. The van der Waals surface area contributed by atoms with Crippen molar-refractivity contribution in [2.24, 2.45) is 5.92 Å². The average molecular weight is 312 g/mol. The molecular formula is C15H18ClNO4. The highest BCUT2D eigenvalue weighted by atomic mass is 35.5. The second-order valence-electron chi connectivity index (χ2n) is 5.16. The van der Waals surface area contributed by atoms with Crippen molar-refractivity contribution < 1.29 is 19.4 Å². The summed E-state index contributed by atoms with van der Waals surface area (Å²) in [6.45, 7) is 0. The Morgan fingerprint density at radius 2 is 1.95 bits per heavy atom. The number of hydrogen-bond acceptors (Lipinski definition) is 3. The minimum atomic E-state index is -1.13. The summed E-state index contributed by atoms with van der Waals surface area (Å²) in [6, 6.07) is 2.74. The van der Waals surface area contributed by atoms with E-state index in [9.17, 15) is 9.59 Å². The number of aromatic carboxylic acids is 1. The molecule has 0 atom stereocenters. The van der Waals surface area contributed by atoms with Gasteiger partial charge in [0, 0.05) is 12.0 Å². The molecule has 1 aromatic rings. The average Bonchev–Trinajstić information content (AvgIpc) is 2.49. The van der Waals surface area contributed by atoms with Crippen LogP contribution in [-0.4, -0.2) is 24.1 Å². The van der Waals surface area contributed by atoms with Gasteiger partial charge in [0.2, 0.25) is 5.91 Å². The third kappa shape index (κ3) is 3.67. The first kappa shape index (κ1) is 15.6. The van der Waals surface area contributed by atoms with Gasteiger partial charge in [-0.3, -0.25) is 4.79 Å². The second kappa shape index (κ2) is 6.80. The lowest BCUT2D eigenvalue weighted by Crippen LogP contribution is -2.25. The summed E-state index contributed by atoms with van der Waals surface area (Å²) in [5, 5.41) is 12.0. The molecule has 21 heavy (non-hydrogen) atoms. The number of nitrogens with one attached hydrogen (secondary N) is 1. The van der Waals surface area contributed by atoms with E-state index in [1.165, 1.54) is 25.7 Å². The third-order valence-corrected chi connectivity index (χ3v) is 4.07. The van der Waals surface area contributed by atoms with Crippen molar-refractivity contribution in [2.45, 2.75) is 32.1 Å². The van der Waals surface area contributed by atoms with E-state index in [1.807, 2.05) is 0 Å². The molecule has 1 fully saturated rings. The zero-order chi connectivity index (χ0) is 15.4. The molecule has 2 rings (SSSR count). The number of carboxylic acids is 1. The van der Waals surface area contributed by atoms with Gasteiger partial charge in [-0.1, -0.05) is 30.9 Å². The monoisotopic (exact) mass is 311 g/mol. The topological polar surface area (TPSA) is 75.6 Å². The maximum Gasteiger partial charge on any atom is 0.339 e. The van der Waals surface area contributed by atoms with E-state index in [0.717, 1.165) is 25.7 Å². The molecule has 1 aliphatic carbocycles. The fraction of sp³-hybridized carbons (Fsp3) is 0.467. The molecule has 0 bridgehead atoms. The summed E-state index contributed by atoms with van der Waals surface area (Å²) in [6.07, 6.45) is 5.06. The van der Waals surface area contributed by atoms with Crippen LogP contribution in [0, 0.1) is 5.92 Å². The van der Waals surface area contributed by atoms with Crippen LogP contribution in [0.4, 0.5) is 5.69 Å². The summed E-state index contributed by atoms with van der Waals surface area (Å²) in [4.78, 5) is 23.3. The van der Waals surface area contributed by atoms with E-state index in [1.54, 1.807) is 0 Å². The lowest BCUT2D eigenvalue weighted by molar-refractivity contribution is -0.120. The first-order valence-electron chi connectivity index (χ1n) is 6.94. The van der Waals surface area contributed by atoms with Crippen LogP contribution in [-0.2, 0) is 4.79 Å². The molecular weight excluding hydrogens is 294 g/mol. The zero-order valence-electron chi connectivity index (χ0n) is 11.8. The van der Waals surface area contributed by atoms with E-state index >= 15 is 0 Å². The first-order chi connectivity index (χ1) is 10.0. The van der Waals surface area contributed by atoms with E-state index in [-0.39, 0.29) is 28.2 Å². The number of methoxy groups -OCH3 is 1. The maximum atomic E-state index is 12.2. The SMILES string of the molecule is COc1cc(NC(=O)C2CCCCC2)c(Cl)cc1C(=O)O. The van der Waals surface area contributed by atoms with Crippen molar-refractivity contribution in [3.05, 3.63) is 22.7 Å². The molecule has 1 saturated carbocycles. The van der Waals surface area contributed by atoms with Crippen LogP contribution in [0.15, 0.2) is 12.1 Å². The number of anilines is 1. The van der Waals surface area contributed by atoms with Gasteiger partial charge in [-0.2, -0.15) is 0 Å². The largest absolute Gasteiger partial charge is 0.496 e. The fourth-order valence-electron chi connectivity index (χ4n) is 2.58. The molecule has 2 N–H and O–H groups in total. The fourth-order valence-corrected chi connectivity index (χ4v) is 2.80. The maximum absolute atomic E-state index is 12.2.